The van der Waals surface area contributed by atoms with Gasteiger partial charge in [-0.15, -0.1) is 0 Å². The third-order valence-electron chi connectivity index (χ3n) is 4.27. The summed E-state index contributed by atoms with van der Waals surface area (Å²) in [7, 11) is 0. The van der Waals surface area contributed by atoms with Crippen LogP contribution in [0.3, 0.4) is 0 Å². The Labute approximate surface area is 152 Å². The molecule has 0 atom stereocenters. The first kappa shape index (κ1) is 17.9. The van der Waals surface area contributed by atoms with Gasteiger partial charge in [0.05, 0.1) is 5.39 Å². The molecule has 1 heterocycles. The standard InChI is InChI=1S/C21H23N3O2/c1-4-15-9-5-8-12-18(15)22-20(25)19-16-10-6-7-11-17(16)21(26)24(23-19)13-14(2)3/h5-12,14H,4,13H2,1-3H3,(H,22,25). The number of para-hydroxylation sites is 1. The summed E-state index contributed by atoms with van der Waals surface area (Å²) in [5.74, 6) is -0.0577. The first-order chi connectivity index (χ1) is 12.5. The van der Waals surface area contributed by atoms with E-state index >= 15 is 0 Å². The molecule has 0 aliphatic heterocycles. The second kappa shape index (κ2) is 7.52. The van der Waals surface area contributed by atoms with E-state index in [-0.39, 0.29) is 23.1 Å². The van der Waals surface area contributed by atoms with E-state index in [4.69, 9.17) is 0 Å². The van der Waals surface area contributed by atoms with Gasteiger partial charge in [0.25, 0.3) is 11.5 Å². The Morgan fingerprint density at radius 1 is 1.08 bits per heavy atom. The van der Waals surface area contributed by atoms with Crippen LogP contribution in [0, 0.1) is 5.92 Å². The summed E-state index contributed by atoms with van der Waals surface area (Å²) in [6.45, 7) is 6.54. The molecule has 3 rings (SSSR count). The molecule has 26 heavy (non-hydrogen) atoms. The average Bonchev–Trinajstić information content (AvgIpc) is 2.64. The van der Waals surface area contributed by atoms with Gasteiger partial charge in [0, 0.05) is 17.6 Å². The quantitative estimate of drug-likeness (QED) is 0.760. The molecule has 0 saturated heterocycles. The fourth-order valence-electron chi connectivity index (χ4n) is 3.00. The second-order valence-electron chi connectivity index (χ2n) is 6.74. The van der Waals surface area contributed by atoms with E-state index in [1.54, 1.807) is 18.2 Å². The summed E-state index contributed by atoms with van der Waals surface area (Å²) < 4.78 is 1.40. The van der Waals surface area contributed by atoms with Crippen molar-refractivity contribution >= 4 is 22.4 Å². The highest BCUT2D eigenvalue weighted by atomic mass is 16.2. The van der Waals surface area contributed by atoms with Gasteiger partial charge in [-0.25, -0.2) is 4.68 Å². The van der Waals surface area contributed by atoms with Gasteiger partial charge < -0.3 is 5.32 Å². The summed E-state index contributed by atoms with van der Waals surface area (Å²) in [5.41, 5.74) is 1.93. The van der Waals surface area contributed by atoms with Crippen LogP contribution >= 0.6 is 0 Å². The van der Waals surface area contributed by atoms with Gasteiger partial charge >= 0.3 is 0 Å². The smallest absolute Gasteiger partial charge is 0.276 e. The first-order valence-corrected chi connectivity index (χ1v) is 8.90. The number of hydrogen-bond donors (Lipinski definition) is 1. The van der Waals surface area contributed by atoms with Gasteiger partial charge in [0.15, 0.2) is 5.69 Å². The molecule has 0 radical (unpaired) electrons. The molecule has 0 spiro atoms. The van der Waals surface area contributed by atoms with Crippen LogP contribution < -0.4 is 10.9 Å². The van der Waals surface area contributed by atoms with E-state index < -0.39 is 0 Å². The number of hydrogen-bond acceptors (Lipinski definition) is 3. The molecule has 0 saturated carbocycles. The van der Waals surface area contributed by atoms with E-state index in [1.165, 1.54) is 4.68 Å². The van der Waals surface area contributed by atoms with Gasteiger partial charge in [0.2, 0.25) is 0 Å². The topological polar surface area (TPSA) is 64.0 Å². The number of nitrogens with zero attached hydrogens (tertiary/aromatic N) is 2. The van der Waals surface area contributed by atoms with Crippen molar-refractivity contribution in [2.24, 2.45) is 5.92 Å². The maximum absolute atomic E-state index is 13.0. The molecule has 134 valence electrons. The van der Waals surface area contributed by atoms with Crippen LogP contribution in [0.5, 0.6) is 0 Å². The van der Waals surface area contributed by atoms with Crippen molar-refractivity contribution in [1.29, 1.82) is 0 Å². The lowest BCUT2D eigenvalue weighted by molar-refractivity contribution is 0.102. The summed E-state index contributed by atoms with van der Waals surface area (Å²) >= 11 is 0. The molecule has 2 aromatic carbocycles. The third kappa shape index (κ3) is 3.52. The molecule has 1 amide bonds. The molecule has 3 aromatic rings. The molecule has 1 aromatic heterocycles. The fourth-order valence-corrected chi connectivity index (χ4v) is 3.00. The van der Waals surface area contributed by atoms with Crippen molar-refractivity contribution in [2.45, 2.75) is 33.7 Å². The minimum Gasteiger partial charge on any atom is -0.320 e. The van der Waals surface area contributed by atoms with Crippen LogP contribution in [-0.4, -0.2) is 15.7 Å². The predicted molar refractivity (Wildman–Crippen MR) is 105 cm³/mol. The Kier molecular flexibility index (Phi) is 5.16. The van der Waals surface area contributed by atoms with Gasteiger partial charge in [0.1, 0.15) is 0 Å². The third-order valence-corrected chi connectivity index (χ3v) is 4.27. The van der Waals surface area contributed by atoms with Gasteiger partial charge in [-0.05, 0) is 30.0 Å². The number of anilines is 1. The molecule has 5 nitrogen and oxygen atoms in total. The molecule has 5 heteroatoms. The highest BCUT2D eigenvalue weighted by Crippen LogP contribution is 2.19. The maximum Gasteiger partial charge on any atom is 0.276 e. The minimum atomic E-state index is -0.306. The minimum absolute atomic E-state index is 0.167. The van der Waals surface area contributed by atoms with E-state index in [9.17, 15) is 9.59 Å². The van der Waals surface area contributed by atoms with E-state index in [0.29, 0.717) is 17.3 Å². The summed E-state index contributed by atoms with van der Waals surface area (Å²) in [6.07, 6.45) is 0.817. The number of carbonyl (C=O) groups excluding carboxylic acids is 1. The van der Waals surface area contributed by atoms with Crippen LogP contribution in [0.2, 0.25) is 0 Å². The zero-order valence-corrected chi connectivity index (χ0v) is 15.3. The van der Waals surface area contributed by atoms with Crippen molar-refractivity contribution < 1.29 is 4.79 Å². The van der Waals surface area contributed by atoms with Crippen molar-refractivity contribution in [2.75, 3.05) is 5.32 Å². The number of aromatic nitrogens is 2. The predicted octanol–water partition coefficient (Wildman–Crippen LogP) is 3.87. The highest BCUT2D eigenvalue weighted by molar-refractivity contribution is 6.11. The number of aryl methyl sites for hydroxylation is 1. The normalized spacial score (nSPS) is 11.1. The lowest BCUT2D eigenvalue weighted by Gasteiger charge is -2.14. The lowest BCUT2D eigenvalue weighted by Crippen LogP contribution is -2.29. The van der Waals surface area contributed by atoms with Crippen molar-refractivity contribution in [3.8, 4) is 0 Å². The van der Waals surface area contributed by atoms with Gasteiger partial charge in [-0.3, -0.25) is 9.59 Å². The highest BCUT2D eigenvalue weighted by Gasteiger charge is 2.18. The number of amides is 1. The van der Waals surface area contributed by atoms with Gasteiger partial charge in [-0.1, -0.05) is 57.2 Å². The summed E-state index contributed by atoms with van der Waals surface area (Å²) in [5, 5.41) is 8.42. The molecule has 1 N–H and O–H groups in total. The Morgan fingerprint density at radius 2 is 1.73 bits per heavy atom. The monoisotopic (exact) mass is 349 g/mol. The zero-order valence-electron chi connectivity index (χ0n) is 15.3. The van der Waals surface area contributed by atoms with Crippen LogP contribution in [0.25, 0.3) is 10.8 Å². The molecule has 0 bridgehead atoms. The summed E-state index contributed by atoms with van der Waals surface area (Å²) in [4.78, 5) is 25.6. The first-order valence-electron chi connectivity index (χ1n) is 8.90. The fraction of sp³-hybridized carbons (Fsp3) is 0.286. The van der Waals surface area contributed by atoms with Crippen molar-refractivity contribution in [3.05, 3.63) is 70.1 Å². The average molecular weight is 349 g/mol. The van der Waals surface area contributed by atoms with Crippen LogP contribution in [0.4, 0.5) is 5.69 Å². The molecule has 0 fully saturated rings. The summed E-state index contributed by atoms with van der Waals surface area (Å²) in [6, 6.07) is 14.8. The van der Waals surface area contributed by atoms with E-state index in [1.807, 2.05) is 51.1 Å². The molecule has 0 aliphatic carbocycles. The molecule has 0 unspecified atom stereocenters. The molecule has 0 aliphatic rings. The second-order valence-corrected chi connectivity index (χ2v) is 6.74. The number of rotatable bonds is 5. The maximum atomic E-state index is 13.0. The Morgan fingerprint density at radius 3 is 2.42 bits per heavy atom. The van der Waals surface area contributed by atoms with E-state index in [2.05, 4.69) is 10.4 Å². The van der Waals surface area contributed by atoms with Crippen LogP contribution in [0.1, 0.15) is 36.8 Å². The Balaban J connectivity index is 2.10. The largest absolute Gasteiger partial charge is 0.320 e. The number of carbonyl (C=O) groups is 1. The Hall–Kier alpha value is -2.95. The van der Waals surface area contributed by atoms with E-state index in [0.717, 1.165) is 17.7 Å². The van der Waals surface area contributed by atoms with Crippen molar-refractivity contribution in [3.63, 3.8) is 0 Å². The Bertz CT molecular complexity index is 1010. The number of fused-ring (bicyclic) bond motifs is 1. The molecular formula is C21H23N3O2. The van der Waals surface area contributed by atoms with Crippen LogP contribution in [-0.2, 0) is 13.0 Å². The zero-order chi connectivity index (χ0) is 18.7. The lowest BCUT2D eigenvalue weighted by atomic mass is 10.1. The van der Waals surface area contributed by atoms with Gasteiger partial charge in [-0.2, -0.15) is 5.10 Å². The SMILES string of the molecule is CCc1ccccc1NC(=O)c1nn(CC(C)C)c(=O)c2ccccc12. The molecular weight excluding hydrogens is 326 g/mol. The van der Waals surface area contributed by atoms with Crippen LogP contribution in [0.15, 0.2) is 53.3 Å². The number of benzene rings is 2. The van der Waals surface area contributed by atoms with Crippen molar-refractivity contribution in [1.82, 2.24) is 9.78 Å². The number of nitrogens with one attached hydrogen (secondary N) is 1.